The molecular formula is C29H30N2O4. The SMILES string of the molecule is CC1(COc2ccc3c(c2)c2c(n3Cc3ccccc3)CCCC2C(N)=O)C=CC=CC1C(=O)O. The van der Waals surface area contributed by atoms with Crippen LogP contribution in [0.1, 0.15) is 42.5 Å². The smallest absolute Gasteiger partial charge is 0.311 e. The number of fused-ring (bicyclic) bond motifs is 3. The fourth-order valence-corrected chi connectivity index (χ4v) is 5.53. The van der Waals surface area contributed by atoms with E-state index in [1.165, 1.54) is 5.56 Å². The highest BCUT2D eigenvalue weighted by atomic mass is 16.5. The molecule has 3 aromatic rings. The molecule has 1 heterocycles. The number of rotatable bonds is 7. The zero-order chi connectivity index (χ0) is 24.6. The average molecular weight is 471 g/mol. The number of carbonyl (C=O) groups is 2. The number of amides is 1. The topological polar surface area (TPSA) is 94.5 Å². The van der Waals surface area contributed by atoms with Crippen molar-refractivity contribution in [2.75, 3.05) is 6.61 Å². The minimum absolute atomic E-state index is 0.225. The molecule has 2 aromatic carbocycles. The van der Waals surface area contributed by atoms with E-state index in [-0.39, 0.29) is 18.4 Å². The van der Waals surface area contributed by atoms with Crippen LogP contribution in [0.15, 0.2) is 72.8 Å². The summed E-state index contributed by atoms with van der Waals surface area (Å²) >= 11 is 0. The summed E-state index contributed by atoms with van der Waals surface area (Å²) in [4.78, 5) is 24.2. The first-order valence-corrected chi connectivity index (χ1v) is 12.1. The van der Waals surface area contributed by atoms with Crippen molar-refractivity contribution in [2.45, 2.75) is 38.6 Å². The molecule has 180 valence electrons. The lowest BCUT2D eigenvalue weighted by Crippen LogP contribution is -2.36. The van der Waals surface area contributed by atoms with E-state index in [1.54, 1.807) is 12.2 Å². The summed E-state index contributed by atoms with van der Waals surface area (Å²) in [6, 6.07) is 16.2. The average Bonchev–Trinajstić information content (AvgIpc) is 3.16. The highest BCUT2D eigenvalue weighted by Crippen LogP contribution is 2.41. The van der Waals surface area contributed by atoms with Crippen LogP contribution in [0.25, 0.3) is 10.9 Å². The van der Waals surface area contributed by atoms with Crippen LogP contribution in [-0.2, 0) is 22.6 Å². The Morgan fingerprint density at radius 2 is 1.97 bits per heavy atom. The molecule has 1 aromatic heterocycles. The summed E-state index contributed by atoms with van der Waals surface area (Å²) in [5, 5.41) is 10.6. The molecular weight excluding hydrogens is 440 g/mol. The molecule has 2 aliphatic carbocycles. The fourth-order valence-electron chi connectivity index (χ4n) is 5.53. The Morgan fingerprint density at radius 1 is 1.17 bits per heavy atom. The van der Waals surface area contributed by atoms with Gasteiger partial charge in [0.05, 0.1) is 18.4 Å². The van der Waals surface area contributed by atoms with Crippen LogP contribution < -0.4 is 10.5 Å². The first kappa shape index (κ1) is 23.0. The van der Waals surface area contributed by atoms with Crippen molar-refractivity contribution in [1.82, 2.24) is 4.57 Å². The summed E-state index contributed by atoms with van der Waals surface area (Å²) in [7, 11) is 0. The third-order valence-electron chi connectivity index (χ3n) is 7.39. The molecule has 2 aliphatic rings. The number of benzene rings is 2. The van der Waals surface area contributed by atoms with Crippen molar-refractivity contribution in [3.05, 3.63) is 89.7 Å². The fraction of sp³-hybridized carbons (Fsp3) is 0.310. The van der Waals surface area contributed by atoms with Gasteiger partial charge in [-0.05, 0) is 48.6 Å². The van der Waals surface area contributed by atoms with Crippen molar-refractivity contribution in [3.63, 3.8) is 0 Å². The number of ether oxygens (including phenoxy) is 1. The number of nitrogens with two attached hydrogens (primary N) is 1. The van der Waals surface area contributed by atoms with Gasteiger partial charge in [0.25, 0.3) is 0 Å². The van der Waals surface area contributed by atoms with E-state index in [1.807, 2.05) is 55.5 Å². The first-order valence-electron chi connectivity index (χ1n) is 12.1. The maximum atomic E-state index is 12.4. The van der Waals surface area contributed by atoms with Gasteiger partial charge >= 0.3 is 5.97 Å². The van der Waals surface area contributed by atoms with Crippen LogP contribution in [-0.4, -0.2) is 28.2 Å². The summed E-state index contributed by atoms with van der Waals surface area (Å²) in [5.41, 5.74) is 9.59. The van der Waals surface area contributed by atoms with Gasteiger partial charge in [-0.15, -0.1) is 0 Å². The van der Waals surface area contributed by atoms with Crippen molar-refractivity contribution in [2.24, 2.45) is 17.1 Å². The number of aromatic nitrogens is 1. The number of hydrogen-bond acceptors (Lipinski definition) is 3. The van der Waals surface area contributed by atoms with Crippen LogP contribution in [0.4, 0.5) is 0 Å². The quantitative estimate of drug-likeness (QED) is 0.518. The number of aliphatic carboxylic acids is 1. The number of carbonyl (C=O) groups excluding carboxylic acids is 1. The van der Waals surface area contributed by atoms with Crippen molar-refractivity contribution < 1.29 is 19.4 Å². The molecule has 35 heavy (non-hydrogen) atoms. The van der Waals surface area contributed by atoms with Gasteiger partial charge in [-0.3, -0.25) is 9.59 Å². The predicted molar refractivity (Wildman–Crippen MR) is 135 cm³/mol. The maximum absolute atomic E-state index is 12.4. The van der Waals surface area contributed by atoms with E-state index in [2.05, 4.69) is 16.7 Å². The largest absolute Gasteiger partial charge is 0.493 e. The van der Waals surface area contributed by atoms with Crippen molar-refractivity contribution in [1.29, 1.82) is 0 Å². The van der Waals surface area contributed by atoms with Gasteiger partial charge in [0.15, 0.2) is 0 Å². The third-order valence-corrected chi connectivity index (χ3v) is 7.39. The maximum Gasteiger partial charge on any atom is 0.311 e. The van der Waals surface area contributed by atoms with Gasteiger partial charge in [0.1, 0.15) is 5.75 Å². The van der Waals surface area contributed by atoms with E-state index in [0.29, 0.717) is 12.3 Å². The molecule has 3 N–H and O–H groups in total. The Balaban J connectivity index is 1.53. The zero-order valence-corrected chi connectivity index (χ0v) is 19.8. The number of hydrogen-bond donors (Lipinski definition) is 2. The molecule has 3 atom stereocenters. The highest BCUT2D eigenvalue weighted by molar-refractivity contribution is 5.94. The normalized spacial score (nSPS) is 23.2. The first-order chi connectivity index (χ1) is 16.9. The van der Waals surface area contributed by atoms with Gasteiger partial charge in [0, 0.05) is 28.6 Å². The van der Waals surface area contributed by atoms with E-state index in [9.17, 15) is 14.7 Å². The Bertz CT molecular complexity index is 1340. The zero-order valence-electron chi connectivity index (χ0n) is 19.8. The van der Waals surface area contributed by atoms with Gasteiger partial charge < -0.3 is 20.1 Å². The molecule has 3 unspecified atom stereocenters. The highest BCUT2D eigenvalue weighted by Gasteiger charge is 2.38. The number of nitrogens with zero attached hydrogens (tertiary/aromatic N) is 1. The molecule has 0 fully saturated rings. The lowest BCUT2D eigenvalue weighted by Gasteiger charge is -2.32. The van der Waals surface area contributed by atoms with Gasteiger partial charge in [-0.2, -0.15) is 0 Å². The minimum Gasteiger partial charge on any atom is -0.493 e. The van der Waals surface area contributed by atoms with Crippen molar-refractivity contribution in [3.8, 4) is 5.75 Å². The molecule has 6 nitrogen and oxygen atoms in total. The van der Waals surface area contributed by atoms with E-state index in [4.69, 9.17) is 10.5 Å². The van der Waals surface area contributed by atoms with Crippen LogP contribution >= 0.6 is 0 Å². The lowest BCUT2D eigenvalue weighted by molar-refractivity contribution is -0.143. The Kier molecular flexibility index (Phi) is 5.97. The second-order valence-electron chi connectivity index (χ2n) is 9.81. The van der Waals surface area contributed by atoms with Crippen molar-refractivity contribution >= 4 is 22.8 Å². The third kappa shape index (κ3) is 4.25. The predicted octanol–water partition coefficient (Wildman–Crippen LogP) is 4.81. The molecule has 0 spiro atoms. The molecule has 0 saturated heterocycles. The van der Waals surface area contributed by atoms with Gasteiger partial charge in [0.2, 0.25) is 5.91 Å². The number of carboxylic acids is 1. The molecule has 1 amide bonds. The van der Waals surface area contributed by atoms with E-state index >= 15 is 0 Å². The second kappa shape index (κ2) is 9.10. The molecule has 0 bridgehead atoms. The Morgan fingerprint density at radius 3 is 2.71 bits per heavy atom. The minimum atomic E-state index is -0.872. The number of primary amides is 1. The Hall–Kier alpha value is -3.80. The molecule has 0 saturated carbocycles. The summed E-state index contributed by atoms with van der Waals surface area (Å²) in [5.74, 6) is -1.50. The Labute approximate surface area is 204 Å². The second-order valence-corrected chi connectivity index (χ2v) is 9.81. The number of carboxylic acid groups (broad SMARTS) is 1. The molecule has 0 radical (unpaired) electrons. The van der Waals surface area contributed by atoms with Crippen LogP contribution in [0.5, 0.6) is 5.75 Å². The summed E-state index contributed by atoms with van der Waals surface area (Å²) in [6.07, 6.45) is 9.78. The number of allylic oxidation sites excluding steroid dienone is 2. The monoisotopic (exact) mass is 470 g/mol. The van der Waals surface area contributed by atoms with E-state index in [0.717, 1.165) is 41.4 Å². The van der Waals surface area contributed by atoms with Gasteiger partial charge in [-0.1, -0.05) is 61.6 Å². The molecule has 0 aliphatic heterocycles. The summed E-state index contributed by atoms with van der Waals surface area (Å²) in [6.45, 7) is 2.84. The molecule has 5 rings (SSSR count). The van der Waals surface area contributed by atoms with Gasteiger partial charge in [-0.25, -0.2) is 0 Å². The molecule has 6 heteroatoms. The lowest BCUT2D eigenvalue weighted by atomic mass is 9.75. The van der Waals surface area contributed by atoms with Crippen LogP contribution in [0, 0.1) is 11.3 Å². The van der Waals surface area contributed by atoms with Crippen LogP contribution in [0.3, 0.4) is 0 Å². The van der Waals surface area contributed by atoms with E-state index < -0.39 is 17.3 Å². The standard InChI is InChI=1S/C29H30N2O4/c1-29(15-6-5-11-23(29)28(33)34)18-35-20-13-14-24-22(16-20)26-21(27(30)32)10-7-12-25(26)31(24)17-19-8-3-2-4-9-19/h2-6,8-9,11,13-16,21,23H,7,10,12,17-18H2,1H3,(H2,30,32)(H,33,34). The van der Waals surface area contributed by atoms with Crippen LogP contribution in [0.2, 0.25) is 0 Å². The summed E-state index contributed by atoms with van der Waals surface area (Å²) < 4.78 is 8.48.